The molecule has 0 aromatic heterocycles. The van der Waals surface area contributed by atoms with Crippen molar-refractivity contribution in [3.63, 3.8) is 0 Å². The van der Waals surface area contributed by atoms with Gasteiger partial charge in [-0.25, -0.2) is 8.78 Å². The van der Waals surface area contributed by atoms with E-state index in [0.29, 0.717) is 4.47 Å². The molecule has 0 spiro atoms. The zero-order valence-electron chi connectivity index (χ0n) is 6.68. The lowest BCUT2D eigenvalue weighted by Gasteiger charge is -2.03. The van der Waals surface area contributed by atoms with Crippen LogP contribution in [0.5, 0.6) is 0 Å². The highest BCUT2D eigenvalue weighted by atomic mass is 79.9. The van der Waals surface area contributed by atoms with Gasteiger partial charge in [0.25, 0.3) is 0 Å². The van der Waals surface area contributed by atoms with Gasteiger partial charge >= 0.3 is 0 Å². The fraction of sp³-hybridized carbons (Fsp3) is 0.125. The summed E-state index contributed by atoms with van der Waals surface area (Å²) < 4.78 is 26.5. The Morgan fingerprint density at radius 3 is 2.62 bits per heavy atom. The molecule has 0 aliphatic rings. The number of rotatable bonds is 1. The van der Waals surface area contributed by atoms with Crippen LogP contribution in [0.2, 0.25) is 0 Å². The van der Waals surface area contributed by atoms with E-state index in [9.17, 15) is 8.78 Å². The van der Waals surface area contributed by atoms with E-state index in [1.165, 1.54) is 13.0 Å². The maximum Gasteiger partial charge on any atom is 0.168 e. The number of halogens is 3. The fourth-order valence-electron chi connectivity index (χ4n) is 0.860. The molecule has 1 N–H and O–H groups in total. The third kappa shape index (κ3) is 1.85. The maximum atomic E-state index is 13.0. The standard InChI is InChI=1S/C8H6BrF2NO/c1-4-6(9)2-5(3-12-13)8(11)7(4)10/h2-3,13H,1H3/b12-3+. The van der Waals surface area contributed by atoms with Crippen LogP contribution < -0.4 is 0 Å². The van der Waals surface area contributed by atoms with Crippen molar-refractivity contribution in [3.05, 3.63) is 33.3 Å². The summed E-state index contributed by atoms with van der Waals surface area (Å²) in [5.41, 5.74) is 0.0880. The zero-order valence-corrected chi connectivity index (χ0v) is 8.27. The Bertz CT molecular complexity index is 366. The van der Waals surface area contributed by atoms with Crippen molar-refractivity contribution in [2.45, 2.75) is 6.92 Å². The molecule has 1 aromatic rings. The topological polar surface area (TPSA) is 32.6 Å². The summed E-state index contributed by atoms with van der Waals surface area (Å²) in [4.78, 5) is 0. The van der Waals surface area contributed by atoms with Gasteiger partial charge in [0, 0.05) is 15.6 Å². The third-order valence-electron chi connectivity index (χ3n) is 1.61. The first kappa shape index (κ1) is 10.1. The largest absolute Gasteiger partial charge is 0.411 e. The summed E-state index contributed by atoms with van der Waals surface area (Å²) in [6.07, 6.45) is 0.836. The predicted molar refractivity (Wildman–Crippen MR) is 48.2 cm³/mol. The number of hydrogen-bond acceptors (Lipinski definition) is 2. The first-order valence-corrected chi connectivity index (χ1v) is 4.18. The van der Waals surface area contributed by atoms with Crippen LogP contribution in [0, 0.1) is 18.6 Å². The van der Waals surface area contributed by atoms with Crippen molar-refractivity contribution in [1.82, 2.24) is 0 Å². The van der Waals surface area contributed by atoms with Crippen molar-refractivity contribution >= 4 is 22.1 Å². The number of benzene rings is 1. The van der Waals surface area contributed by atoms with Crippen molar-refractivity contribution in [2.75, 3.05) is 0 Å². The quantitative estimate of drug-likeness (QED) is 0.353. The summed E-state index contributed by atoms with van der Waals surface area (Å²) >= 11 is 3.05. The van der Waals surface area contributed by atoms with Crippen molar-refractivity contribution in [3.8, 4) is 0 Å². The van der Waals surface area contributed by atoms with E-state index < -0.39 is 11.6 Å². The van der Waals surface area contributed by atoms with E-state index in [-0.39, 0.29) is 11.1 Å². The van der Waals surface area contributed by atoms with Gasteiger partial charge in [-0.15, -0.1) is 0 Å². The van der Waals surface area contributed by atoms with Gasteiger partial charge in [-0.3, -0.25) is 0 Å². The van der Waals surface area contributed by atoms with Crippen LogP contribution in [0.3, 0.4) is 0 Å². The molecule has 0 amide bonds. The normalized spacial score (nSPS) is 11.1. The van der Waals surface area contributed by atoms with Crippen LogP contribution >= 0.6 is 15.9 Å². The van der Waals surface area contributed by atoms with Crippen LogP contribution in [0.4, 0.5) is 8.78 Å². The van der Waals surface area contributed by atoms with Crippen molar-refractivity contribution < 1.29 is 14.0 Å². The molecule has 1 rings (SSSR count). The first-order valence-electron chi connectivity index (χ1n) is 3.39. The molecule has 0 radical (unpaired) electrons. The van der Waals surface area contributed by atoms with E-state index in [1.54, 1.807) is 0 Å². The van der Waals surface area contributed by atoms with E-state index in [4.69, 9.17) is 5.21 Å². The summed E-state index contributed by atoms with van der Waals surface area (Å²) in [6.45, 7) is 1.45. The molecule has 0 aliphatic carbocycles. The second-order valence-corrected chi connectivity index (χ2v) is 3.30. The molecule has 0 saturated carbocycles. The monoisotopic (exact) mass is 249 g/mol. The molecule has 13 heavy (non-hydrogen) atoms. The lowest BCUT2D eigenvalue weighted by Crippen LogP contribution is -1.97. The minimum absolute atomic E-state index is 0.0996. The van der Waals surface area contributed by atoms with Gasteiger partial charge in [0.1, 0.15) is 0 Å². The molecule has 5 heteroatoms. The molecule has 0 heterocycles. The predicted octanol–water partition coefficient (Wildman–Crippen LogP) is 2.84. The molecule has 0 saturated heterocycles. The van der Waals surface area contributed by atoms with Crippen LogP contribution in [-0.2, 0) is 0 Å². The Kier molecular flexibility index (Phi) is 2.98. The summed E-state index contributed by atoms with van der Waals surface area (Å²) in [6, 6.07) is 1.34. The minimum atomic E-state index is -1.02. The molecule has 0 bridgehead atoms. The number of hydrogen-bond donors (Lipinski definition) is 1. The first-order chi connectivity index (χ1) is 6.07. The van der Waals surface area contributed by atoms with Gasteiger partial charge < -0.3 is 5.21 Å². The van der Waals surface area contributed by atoms with E-state index >= 15 is 0 Å². The summed E-state index contributed by atoms with van der Waals surface area (Å²) in [5, 5.41) is 10.8. The van der Waals surface area contributed by atoms with Gasteiger partial charge in [-0.1, -0.05) is 21.1 Å². The molecular weight excluding hydrogens is 244 g/mol. The molecule has 0 aliphatic heterocycles. The molecule has 1 aromatic carbocycles. The van der Waals surface area contributed by atoms with Crippen LogP contribution in [0.15, 0.2) is 15.7 Å². The minimum Gasteiger partial charge on any atom is -0.411 e. The second kappa shape index (κ2) is 3.83. The average Bonchev–Trinajstić information content (AvgIpc) is 2.11. The van der Waals surface area contributed by atoms with Gasteiger partial charge in [0.05, 0.1) is 6.21 Å². The second-order valence-electron chi connectivity index (χ2n) is 2.45. The molecule has 2 nitrogen and oxygen atoms in total. The third-order valence-corrected chi connectivity index (χ3v) is 2.44. The average molecular weight is 250 g/mol. The number of oxime groups is 1. The highest BCUT2D eigenvalue weighted by Gasteiger charge is 2.12. The van der Waals surface area contributed by atoms with E-state index in [2.05, 4.69) is 21.1 Å². The van der Waals surface area contributed by atoms with Crippen molar-refractivity contribution in [1.29, 1.82) is 0 Å². The maximum absolute atomic E-state index is 13.0. The molecule has 70 valence electrons. The Morgan fingerprint density at radius 1 is 1.46 bits per heavy atom. The molecular formula is C8H6BrF2NO. The van der Waals surface area contributed by atoms with Gasteiger partial charge in [-0.2, -0.15) is 0 Å². The smallest absolute Gasteiger partial charge is 0.168 e. The molecule has 0 fully saturated rings. The lowest BCUT2D eigenvalue weighted by atomic mass is 10.1. The lowest BCUT2D eigenvalue weighted by molar-refractivity contribution is 0.321. The fourth-order valence-corrected chi connectivity index (χ4v) is 1.28. The summed E-state index contributed by atoms with van der Waals surface area (Å²) in [7, 11) is 0. The van der Waals surface area contributed by atoms with Gasteiger partial charge in [-0.05, 0) is 13.0 Å². The number of nitrogens with zero attached hydrogens (tertiary/aromatic N) is 1. The Balaban J connectivity index is 3.40. The highest BCUT2D eigenvalue weighted by Crippen LogP contribution is 2.23. The Hall–Kier alpha value is -0.970. The van der Waals surface area contributed by atoms with Gasteiger partial charge in [0.15, 0.2) is 11.6 Å². The van der Waals surface area contributed by atoms with E-state index in [1.807, 2.05) is 0 Å². The zero-order chi connectivity index (χ0) is 10.0. The molecule has 0 unspecified atom stereocenters. The van der Waals surface area contributed by atoms with Crippen molar-refractivity contribution in [2.24, 2.45) is 5.16 Å². The van der Waals surface area contributed by atoms with Crippen LogP contribution in [0.1, 0.15) is 11.1 Å². The Labute approximate surface area is 82.0 Å². The van der Waals surface area contributed by atoms with E-state index in [0.717, 1.165) is 6.21 Å². The summed E-state index contributed by atoms with van der Waals surface area (Å²) in [5.74, 6) is -1.96. The van der Waals surface area contributed by atoms with Crippen LogP contribution in [-0.4, -0.2) is 11.4 Å². The van der Waals surface area contributed by atoms with Crippen LogP contribution in [0.25, 0.3) is 0 Å². The highest BCUT2D eigenvalue weighted by molar-refractivity contribution is 9.10. The van der Waals surface area contributed by atoms with Gasteiger partial charge in [0.2, 0.25) is 0 Å². The Morgan fingerprint density at radius 2 is 2.08 bits per heavy atom. The SMILES string of the molecule is Cc1c(Br)cc(/C=N/O)c(F)c1F. The molecule has 0 atom stereocenters.